The Morgan fingerprint density at radius 3 is 2.25 bits per heavy atom. The molecule has 0 radical (unpaired) electrons. The summed E-state index contributed by atoms with van der Waals surface area (Å²) in [5.41, 5.74) is 1.39. The molecule has 1 saturated carbocycles. The van der Waals surface area contributed by atoms with Crippen LogP contribution in [0.3, 0.4) is 0 Å². The molecule has 1 fully saturated rings. The fourth-order valence-corrected chi connectivity index (χ4v) is 4.95. The van der Waals surface area contributed by atoms with Crippen LogP contribution in [0.25, 0.3) is 0 Å². The van der Waals surface area contributed by atoms with Gasteiger partial charge in [-0.05, 0) is 62.3 Å². The first kappa shape index (κ1) is 15.9. The SMILES string of the molecule is CCNC(C)c1ccc(SC2CC(C)CC(C)C2)cc1. The fraction of sp³-hybridized carbons (Fsp3) is 0.667. The molecule has 1 aromatic carbocycles. The topological polar surface area (TPSA) is 12.0 Å². The second kappa shape index (κ2) is 7.51. The van der Waals surface area contributed by atoms with Gasteiger partial charge in [-0.2, -0.15) is 0 Å². The molecule has 1 N–H and O–H groups in total. The van der Waals surface area contributed by atoms with E-state index in [1.54, 1.807) is 0 Å². The average molecular weight is 292 g/mol. The van der Waals surface area contributed by atoms with Gasteiger partial charge in [0.05, 0.1) is 0 Å². The minimum Gasteiger partial charge on any atom is -0.310 e. The standard InChI is InChI=1S/C18H29NS/c1-5-19-15(4)16-6-8-17(9-7-16)20-18-11-13(2)10-14(3)12-18/h6-9,13-15,18-19H,5,10-12H2,1-4H3. The highest BCUT2D eigenvalue weighted by Crippen LogP contribution is 2.38. The van der Waals surface area contributed by atoms with Crippen LogP contribution in [0.15, 0.2) is 29.2 Å². The maximum Gasteiger partial charge on any atom is 0.0291 e. The van der Waals surface area contributed by atoms with Gasteiger partial charge in [0.2, 0.25) is 0 Å². The zero-order chi connectivity index (χ0) is 14.5. The Labute approximate surface area is 128 Å². The monoisotopic (exact) mass is 291 g/mol. The number of hydrogen-bond donors (Lipinski definition) is 1. The van der Waals surface area contributed by atoms with Crippen LogP contribution >= 0.6 is 11.8 Å². The number of hydrogen-bond acceptors (Lipinski definition) is 2. The molecule has 1 aromatic rings. The highest BCUT2D eigenvalue weighted by atomic mass is 32.2. The van der Waals surface area contributed by atoms with Gasteiger partial charge in [-0.3, -0.25) is 0 Å². The van der Waals surface area contributed by atoms with Gasteiger partial charge in [0, 0.05) is 16.2 Å². The lowest BCUT2D eigenvalue weighted by Gasteiger charge is -2.31. The number of rotatable bonds is 5. The van der Waals surface area contributed by atoms with Crippen molar-refractivity contribution in [2.75, 3.05) is 6.54 Å². The molecular formula is C18H29NS. The van der Waals surface area contributed by atoms with Crippen molar-refractivity contribution in [2.45, 2.75) is 63.1 Å². The van der Waals surface area contributed by atoms with Gasteiger partial charge in [-0.25, -0.2) is 0 Å². The van der Waals surface area contributed by atoms with Crippen LogP contribution in [0.4, 0.5) is 0 Å². The van der Waals surface area contributed by atoms with Crippen molar-refractivity contribution in [3.63, 3.8) is 0 Å². The predicted molar refractivity (Wildman–Crippen MR) is 90.4 cm³/mol. The highest BCUT2D eigenvalue weighted by molar-refractivity contribution is 8.00. The molecule has 1 aliphatic carbocycles. The third-order valence-corrected chi connectivity index (χ3v) is 5.59. The van der Waals surface area contributed by atoms with Crippen molar-refractivity contribution in [3.05, 3.63) is 29.8 Å². The normalized spacial score (nSPS) is 28.3. The lowest BCUT2D eigenvalue weighted by atomic mass is 9.83. The number of nitrogens with one attached hydrogen (secondary N) is 1. The van der Waals surface area contributed by atoms with E-state index < -0.39 is 0 Å². The van der Waals surface area contributed by atoms with E-state index in [0.29, 0.717) is 6.04 Å². The van der Waals surface area contributed by atoms with E-state index in [-0.39, 0.29) is 0 Å². The number of thioether (sulfide) groups is 1. The summed E-state index contributed by atoms with van der Waals surface area (Å²) < 4.78 is 0. The molecular weight excluding hydrogens is 262 g/mol. The van der Waals surface area contributed by atoms with Crippen molar-refractivity contribution >= 4 is 11.8 Å². The quantitative estimate of drug-likeness (QED) is 0.792. The molecule has 3 atom stereocenters. The van der Waals surface area contributed by atoms with Gasteiger partial charge in [-0.1, -0.05) is 32.9 Å². The van der Waals surface area contributed by atoms with Gasteiger partial charge < -0.3 is 5.32 Å². The van der Waals surface area contributed by atoms with Crippen LogP contribution in [-0.2, 0) is 0 Å². The molecule has 1 aliphatic rings. The Bertz CT molecular complexity index is 390. The largest absolute Gasteiger partial charge is 0.310 e. The molecule has 0 heterocycles. The van der Waals surface area contributed by atoms with Gasteiger partial charge in [0.25, 0.3) is 0 Å². The Morgan fingerprint density at radius 1 is 1.10 bits per heavy atom. The molecule has 0 spiro atoms. The zero-order valence-corrected chi connectivity index (χ0v) is 14.2. The molecule has 1 nitrogen and oxygen atoms in total. The van der Waals surface area contributed by atoms with Crippen molar-refractivity contribution in [1.82, 2.24) is 5.32 Å². The van der Waals surface area contributed by atoms with E-state index in [0.717, 1.165) is 23.6 Å². The lowest BCUT2D eigenvalue weighted by molar-refractivity contribution is 0.309. The fourth-order valence-electron chi connectivity index (χ4n) is 3.42. The number of benzene rings is 1. The van der Waals surface area contributed by atoms with Crippen molar-refractivity contribution in [1.29, 1.82) is 0 Å². The molecule has 0 bridgehead atoms. The summed E-state index contributed by atoms with van der Waals surface area (Å²) >= 11 is 2.09. The van der Waals surface area contributed by atoms with Crippen LogP contribution in [0, 0.1) is 11.8 Å². The predicted octanol–water partition coefficient (Wildman–Crippen LogP) is 5.27. The molecule has 0 saturated heterocycles. The van der Waals surface area contributed by atoms with Gasteiger partial charge >= 0.3 is 0 Å². The smallest absolute Gasteiger partial charge is 0.0291 e. The zero-order valence-electron chi connectivity index (χ0n) is 13.4. The highest BCUT2D eigenvalue weighted by Gasteiger charge is 2.24. The van der Waals surface area contributed by atoms with Gasteiger partial charge in [0.1, 0.15) is 0 Å². The van der Waals surface area contributed by atoms with E-state index >= 15 is 0 Å². The summed E-state index contributed by atoms with van der Waals surface area (Å²) in [5, 5.41) is 4.28. The minimum atomic E-state index is 0.453. The van der Waals surface area contributed by atoms with Crippen molar-refractivity contribution in [3.8, 4) is 0 Å². The summed E-state index contributed by atoms with van der Waals surface area (Å²) in [6, 6.07) is 9.63. The maximum atomic E-state index is 3.47. The molecule has 0 aliphatic heterocycles. The summed E-state index contributed by atoms with van der Waals surface area (Å²) in [6.45, 7) is 10.2. The Balaban J connectivity index is 1.93. The lowest BCUT2D eigenvalue weighted by Crippen LogP contribution is -2.21. The van der Waals surface area contributed by atoms with Gasteiger partial charge in [0.15, 0.2) is 0 Å². The van der Waals surface area contributed by atoms with E-state index in [9.17, 15) is 0 Å². The average Bonchev–Trinajstić information content (AvgIpc) is 2.38. The van der Waals surface area contributed by atoms with E-state index in [2.05, 4.69) is 69.0 Å². The molecule has 2 heteroatoms. The first-order valence-electron chi connectivity index (χ1n) is 8.08. The summed E-state index contributed by atoms with van der Waals surface area (Å²) in [4.78, 5) is 1.43. The molecule has 0 aromatic heterocycles. The van der Waals surface area contributed by atoms with E-state index in [4.69, 9.17) is 0 Å². The molecule has 2 rings (SSSR count). The first-order chi connectivity index (χ1) is 9.58. The summed E-state index contributed by atoms with van der Waals surface area (Å²) in [7, 11) is 0. The first-order valence-corrected chi connectivity index (χ1v) is 8.96. The summed E-state index contributed by atoms with van der Waals surface area (Å²) in [6.07, 6.45) is 4.17. The van der Waals surface area contributed by atoms with Crippen LogP contribution in [0.5, 0.6) is 0 Å². The third-order valence-electron chi connectivity index (χ3n) is 4.33. The molecule has 20 heavy (non-hydrogen) atoms. The second-order valence-corrected chi connectivity index (χ2v) is 7.88. The van der Waals surface area contributed by atoms with E-state index in [1.165, 1.54) is 29.7 Å². The van der Waals surface area contributed by atoms with Gasteiger partial charge in [-0.15, -0.1) is 11.8 Å². The Kier molecular flexibility index (Phi) is 5.98. The van der Waals surface area contributed by atoms with Crippen molar-refractivity contribution < 1.29 is 0 Å². The molecule has 3 unspecified atom stereocenters. The molecule has 0 amide bonds. The van der Waals surface area contributed by atoms with Crippen molar-refractivity contribution in [2.24, 2.45) is 11.8 Å². The van der Waals surface area contributed by atoms with Crippen LogP contribution in [0.2, 0.25) is 0 Å². The van der Waals surface area contributed by atoms with Crippen LogP contribution in [0.1, 0.15) is 58.6 Å². The van der Waals surface area contributed by atoms with E-state index in [1.807, 2.05) is 0 Å². The Morgan fingerprint density at radius 2 is 1.70 bits per heavy atom. The Hall–Kier alpha value is -0.470. The maximum absolute atomic E-state index is 3.47. The molecule has 112 valence electrons. The third kappa shape index (κ3) is 4.53. The minimum absolute atomic E-state index is 0.453. The van der Waals surface area contributed by atoms with Crippen LogP contribution < -0.4 is 5.32 Å². The van der Waals surface area contributed by atoms with Crippen LogP contribution in [-0.4, -0.2) is 11.8 Å². The second-order valence-electron chi connectivity index (χ2n) is 6.51. The summed E-state index contributed by atoms with van der Waals surface area (Å²) in [5.74, 6) is 1.79.